The lowest BCUT2D eigenvalue weighted by Gasteiger charge is -2.15. The second kappa shape index (κ2) is 6.76. The number of rotatable bonds is 6. The Kier molecular flexibility index (Phi) is 4.79. The predicted octanol–water partition coefficient (Wildman–Crippen LogP) is 2.32. The van der Waals surface area contributed by atoms with E-state index in [1.54, 1.807) is 36.4 Å². The minimum absolute atomic E-state index is 0.0686. The standard InChI is InChI=1S/C16H17NO4/c1-21-13-8-7-12(14(18)9-13)10-17-15(16(19)20)11-5-3-2-4-6-11/h2-9,15,17-18H,10H2,1H3,(H,19,20). The van der Waals surface area contributed by atoms with E-state index in [2.05, 4.69) is 5.32 Å². The van der Waals surface area contributed by atoms with Crippen LogP contribution in [0.2, 0.25) is 0 Å². The number of hydrogen-bond donors (Lipinski definition) is 3. The Hall–Kier alpha value is -2.53. The fourth-order valence-electron chi connectivity index (χ4n) is 2.03. The van der Waals surface area contributed by atoms with E-state index in [4.69, 9.17) is 4.74 Å². The summed E-state index contributed by atoms with van der Waals surface area (Å²) in [5.41, 5.74) is 1.27. The number of carboxylic acid groups (broad SMARTS) is 1. The van der Waals surface area contributed by atoms with Gasteiger partial charge in [-0.2, -0.15) is 0 Å². The van der Waals surface area contributed by atoms with Gasteiger partial charge < -0.3 is 14.9 Å². The Bertz CT molecular complexity index is 613. The van der Waals surface area contributed by atoms with Gasteiger partial charge in [0.25, 0.3) is 0 Å². The normalized spacial score (nSPS) is 11.9. The maximum absolute atomic E-state index is 11.4. The lowest BCUT2D eigenvalue weighted by molar-refractivity contribution is -0.139. The van der Waals surface area contributed by atoms with Crippen LogP contribution in [0.25, 0.3) is 0 Å². The molecule has 0 fully saturated rings. The molecule has 1 atom stereocenters. The summed E-state index contributed by atoms with van der Waals surface area (Å²) >= 11 is 0. The second-order valence-corrected chi connectivity index (χ2v) is 4.56. The van der Waals surface area contributed by atoms with Crippen molar-refractivity contribution in [2.45, 2.75) is 12.6 Å². The molecule has 0 aromatic heterocycles. The monoisotopic (exact) mass is 287 g/mol. The highest BCUT2D eigenvalue weighted by molar-refractivity contribution is 5.75. The number of aliphatic carboxylic acids is 1. The molecule has 0 radical (unpaired) electrons. The van der Waals surface area contributed by atoms with Crippen molar-refractivity contribution in [1.82, 2.24) is 5.32 Å². The van der Waals surface area contributed by atoms with Crippen molar-refractivity contribution in [2.75, 3.05) is 7.11 Å². The first-order valence-electron chi connectivity index (χ1n) is 6.49. The van der Waals surface area contributed by atoms with Crippen LogP contribution in [0.4, 0.5) is 0 Å². The lowest BCUT2D eigenvalue weighted by atomic mass is 10.1. The molecule has 21 heavy (non-hydrogen) atoms. The number of carbonyl (C=O) groups is 1. The molecule has 0 bridgehead atoms. The average Bonchev–Trinajstić information content (AvgIpc) is 2.49. The lowest BCUT2D eigenvalue weighted by Crippen LogP contribution is -2.28. The SMILES string of the molecule is COc1ccc(CNC(C(=O)O)c2ccccc2)c(O)c1. The Labute approximate surface area is 122 Å². The highest BCUT2D eigenvalue weighted by Crippen LogP contribution is 2.24. The summed E-state index contributed by atoms with van der Waals surface area (Å²) in [6.45, 7) is 0.238. The summed E-state index contributed by atoms with van der Waals surface area (Å²) in [7, 11) is 1.52. The van der Waals surface area contributed by atoms with Crippen LogP contribution in [0.3, 0.4) is 0 Å². The van der Waals surface area contributed by atoms with E-state index in [1.165, 1.54) is 13.2 Å². The molecule has 3 N–H and O–H groups in total. The van der Waals surface area contributed by atoms with Crippen LogP contribution in [0.15, 0.2) is 48.5 Å². The number of aromatic hydroxyl groups is 1. The first kappa shape index (κ1) is 14.9. The second-order valence-electron chi connectivity index (χ2n) is 4.56. The molecule has 110 valence electrons. The molecule has 0 aliphatic heterocycles. The van der Waals surface area contributed by atoms with E-state index in [1.807, 2.05) is 6.07 Å². The van der Waals surface area contributed by atoms with Gasteiger partial charge in [0.15, 0.2) is 0 Å². The highest BCUT2D eigenvalue weighted by Gasteiger charge is 2.19. The van der Waals surface area contributed by atoms with Crippen molar-refractivity contribution in [3.05, 3.63) is 59.7 Å². The van der Waals surface area contributed by atoms with Gasteiger partial charge >= 0.3 is 5.97 Å². The van der Waals surface area contributed by atoms with E-state index < -0.39 is 12.0 Å². The molecule has 0 spiro atoms. The third kappa shape index (κ3) is 3.73. The van der Waals surface area contributed by atoms with Gasteiger partial charge in [0.05, 0.1) is 7.11 Å². The quantitative estimate of drug-likeness (QED) is 0.760. The van der Waals surface area contributed by atoms with Crippen LogP contribution in [-0.4, -0.2) is 23.3 Å². The number of carboxylic acids is 1. The molecule has 2 rings (SSSR count). The van der Waals surface area contributed by atoms with Crippen LogP contribution < -0.4 is 10.1 Å². The van der Waals surface area contributed by atoms with E-state index in [0.29, 0.717) is 16.9 Å². The molecule has 2 aromatic rings. The number of methoxy groups -OCH3 is 1. The summed E-state index contributed by atoms with van der Waals surface area (Å²) < 4.78 is 5.01. The fraction of sp³-hybridized carbons (Fsp3) is 0.188. The van der Waals surface area contributed by atoms with Crippen LogP contribution in [0, 0.1) is 0 Å². The summed E-state index contributed by atoms with van der Waals surface area (Å²) in [5.74, 6) is -0.345. The van der Waals surface area contributed by atoms with Crippen LogP contribution in [0.5, 0.6) is 11.5 Å². The minimum Gasteiger partial charge on any atom is -0.507 e. The molecule has 0 amide bonds. The Morgan fingerprint density at radius 3 is 2.52 bits per heavy atom. The van der Waals surface area contributed by atoms with Crippen LogP contribution in [0.1, 0.15) is 17.2 Å². The molecule has 0 saturated heterocycles. The number of benzene rings is 2. The highest BCUT2D eigenvalue weighted by atomic mass is 16.5. The summed E-state index contributed by atoms with van der Waals surface area (Å²) in [5, 5.41) is 22.1. The fourth-order valence-corrected chi connectivity index (χ4v) is 2.03. The van der Waals surface area contributed by atoms with Gasteiger partial charge in [0.1, 0.15) is 17.5 Å². The number of phenols is 1. The van der Waals surface area contributed by atoms with Crippen molar-refractivity contribution in [1.29, 1.82) is 0 Å². The van der Waals surface area contributed by atoms with E-state index in [-0.39, 0.29) is 12.3 Å². The van der Waals surface area contributed by atoms with Gasteiger partial charge in [-0.05, 0) is 11.6 Å². The molecule has 5 nitrogen and oxygen atoms in total. The predicted molar refractivity (Wildman–Crippen MR) is 78.3 cm³/mol. The number of phenolic OH excluding ortho intramolecular Hbond substituents is 1. The molecule has 0 aliphatic rings. The van der Waals surface area contributed by atoms with E-state index >= 15 is 0 Å². The van der Waals surface area contributed by atoms with Gasteiger partial charge in [-0.15, -0.1) is 0 Å². The molecule has 0 heterocycles. The molecule has 0 saturated carbocycles. The van der Waals surface area contributed by atoms with Crippen molar-refractivity contribution < 1.29 is 19.7 Å². The largest absolute Gasteiger partial charge is 0.507 e. The molecular formula is C16H17NO4. The third-order valence-corrected chi connectivity index (χ3v) is 3.17. The summed E-state index contributed by atoms with van der Waals surface area (Å²) in [6, 6.07) is 13.0. The number of ether oxygens (including phenoxy) is 1. The number of hydrogen-bond acceptors (Lipinski definition) is 4. The molecule has 5 heteroatoms. The van der Waals surface area contributed by atoms with Gasteiger partial charge in [-0.25, -0.2) is 0 Å². The Morgan fingerprint density at radius 2 is 1.95 bits per heavy atom. The van der Waals surface area contributed by atoms with Crippen molar-refractivity contribution in [3.63, 3.8) is 0 Å². The minimum atomic E-state index is -0.964. The molecule has 2 aromatic carbocycles. The summed E-state index contributed by atoms with van der Waals surface area (Å²) in [6.07, 6.45) is 0. The topological polar surface area (TPSA) is 78.8 Å². The third-order valence-electron chi connectivity index (χ3n) is 3.17. The Morgan fingerprint density at radius 1 is 1.24 bits per heavy atom. The maximum Gasteiger partial charge on any atom is 0.325 e. The Balaban J connectivity index is 2.11. The van der Waals surface area contributed by atoms with Gasteiger partial charge in [-0.3, -0.25) is 10.1 Å². The van der Waals surface area contributed by atoms with Crippen molar-refractivity contribution >= 4 is 5.97 Å². The van der Waals surface area contributed by atoms with Crippen LogP contribution >= 0.6 is 0 Å². The molecular weight excluding hydrogens is 270 g/mol. The van der Waals surface area contributed by atoms with Gasteiger partial charge in [0, 0.05) is 18.2 Å². The smallest absolute Gasteiger partial charge is 0.325 e. The first-order valence-corrected chi connectivity index (χ1v) is 6.49. The molecule has 1 unspecified atom stereocenters. The first-order chi connectivity index (χ1) is 10.1. The zero-order valence-electron chi connectivity index (χ0n) is 11.6. The molecule has 0 aliphatic carbocycles. The maximum atomic E-state index is 11.4. The van der Waals surface area contributed by atoms with Crippen molar-refractivity contribution in [3.8, 4) is 11.5 Å². The van der Waals surface area contributed by atoms with E-state index in [0.717, 1.165) is 0 Å². The zero-order valence-corrected chi connectivity index (χ0v) is 11.6. The van der Waals surface area contributed by atoms with Crippen molar-refractivity contribution in [2.24, 2.45) is 0 Å². The average molecular weight is 287 g/mol. The zero-order chi connectivity index (χ0) is 15.2. The van der Waals surface area contributed by atoms with E-state index in [9.17, 15) is 15.0 Å². The number of nitrogens with one attached hydrogen (secondary N) is 1. The van der Waals surface area contributed by atoms with Gasteiger partial charge in [0.2, 0.25) is 0 Å². The van der Waals surface area contributed by atoms with Crippen LogP contribution in [-0.2, 0) is 11.3 Å². The van der Waals surface area contributed by atoms with Gasteiger partial charge in [-0.1, -0.05) is 36.4 Å². The summed E-state index contributed by atoms with van der Waals surface area (Å²) in [4.78, 5) is 11.4.